The van der Waals surface area contributed by atoms with Gasteiger partial charge in [-0.15, -0.1) is 0 Å². The van der Waals surface area contributed by atoms with Crippen molar-refractivity contribution in [1.29, 1.82) is 0 Å². The molecule has 1 saturated heterocycles. The van der Waals surface area contributed by atoms with Gasteiger partial charge in [-0.3, -0.25) is 4.90 Å². The Bertz CT molecular complexity index is 363. The Kier molecular flexibility index (Phi) is 4.41. The molecule has 3 atom stereocenters. The monoisotopic (exact) mass is 247 g/mol. The van der Waals surface area contributed by atoms with Gasteiger partial charge in [-0.2, -0.15) is 0 Å². The molecule has 18 heavy (non-hydrogen) atoms. The van der Waals surface area contributed by atoms with Gasteiger partial charge in [0, 0.05) is 18.6 Å². The Hall–Kier alpha value is -0.860. The van der Waals surface area contributed by atoms with E-state index in [1.54, 1.807) is 0 Å². The quantitative estimate of drug-likeness (QED) is 0.810. The van der Waals surface area contributed by atoms with E-state index in [4.69, 9.17) is 4.74 Å². The molecular weight excluding hydrogens is 222 g/mol. The molecule has 0 aliphatic carbocycles. The third-order valence-electron chi connectivity index (χ3n) is 3.75. The Morgan fingerprint density at radius 3 is 2.50 bits per heavy atom. The predicted molar refractivity (Wildman–Crippen MR) is 75.6 cm³/mol. The van der Waals surface area contributed by atoms with E-state index < -0.39 is 0 Å². The predicted octanol–water partition coefficient (Wildman–Crippen LogP) is 3.49. The first-order chi connectivity index (χ1) is 8.59. The fourth-order valence-electron chi connectivity index (χ4n) is 2.84. The molecule has 0 saturated carbocycles. The highest BCUT2D eigenvalue weighted by atomic mass is 16.5. The lowest BCUT2D eigenvalue weighted by Gasteiger charge is -2.44. The maximum atomic E-state index is 6.06. The molecule has 2 heteroatoms. The number of morpholine rings is 1. The highest BCUT2D eigenvalue weighted by molar-refractivity contribution is 5.19. The average molecular weight is 247 g/mol. The van der Waals surface area contributed by atoms with Crippen molar-refractivity contribution in [3.05, 3.63) is 35.9 Å². The Labute approximate surface area is 111 Å². The van der Waals surface area contributed by atoms with E-state index in [1.807, 2.05) is 0 Å². The van der Waals surface area contributed by atoms with Crippen molar-refractivity contribution in [3.8, 4) is 0 Å². The largest absolute Gasteiger partial charge is 0.370 e. The topological polar surface area (TPSA) is 12.5 Å². The fraction of sp³-hybridized carbons (Fsp3) is 0.625. The third-order valence-corrected chi connectivity index (χ3v) is 3.75. The summed E-state index contributed by atoms with van der Waals surface area (Å²) >= 11 is 0. The number of hydrogen-bond acceptors (Lipinski definition) is 2. The van der Waals surface area contributed by atoms with Crippen molar-refractivity contribution in [2.75, 3.05) is 13.2 Å². The van der Waals surface area contributed by atoms with E-state index >= 15 is 0 Å². The summed E-state index contributed by atoms with van der Waals surface area (Å²) < 4.78 is 6.06. The standard InChI is InChI=1S/C16H25NO/c1-12(2)10-17-13(3)11-18-16(14(17)4)15-8-6-5-7-9-15/h5-9,12-14,16H,10-11H2,1-4H3. The number of benzene rings is 1. The maximum Gasteiger partial charge on any atom is 0.0978 e. The number of hydrogen-bond donors (Lipinski definition) is 0. The molecule has 1 aliphatic heterocycles. The molecule has 0 spiro atoms. The summed E-state index contributed by atoms with van der Waals surface area (Å²) in [5, 5.41) is 0. The van der Waals surface area contributed by atoms with Crippen LogP contribution in [-0.2, 0) is 4.74 Å². The van der Waals surface area contributed by atoms with E-state index in [1.165, 1.54) is 5.56 Å². The van der Waals surface area contributed by atoms with Crippen molar-refractivity contribution < 1.29 is 4.74 Å². The average Bonchev–Trinajstić information content (AvgIpc) is 2.35. The Morgan fingerprint density at radius 1 is 1.22 bits per heavy atom. The number of rotatable bonds is 3. The Balaban J connectivity index is 2.14. The number of nitrogens with zero attached hydrogens (tertiary/aromatic N) is 1. The maximum absolute atomic E-state index is 6.06. The zero-order valence-electron chi connectivity index (χ0n) is 12.0. The first-order valence-corrected chi connectivity index (χ1v) is 7.02. The molecule has 0 aromatic heterocycles. The zero-order valence-corrected chi connectivity index (χ0v) is 12.0. The molecule has 1 aromatic rings. The molecule has 100 valence electrons. The lowest BCUT2D eigenvalue weighted by molar-refractivity contribution is -0.0989. The summed E-state index contributed by atoms with van der Waals surface area (Å²) in [6, 6.07) is 11.5. The highest BCUT2D eigenvalue weighted by Gasteiger charge is 2.34. The molecule has 0 amide bonds. The molecule has 1 fully saturated rings. The van der Waals surface area contributed by atoms with Crippen LogP contribution in [0.2, 0.25) is 0 Å². The van der Waals surface area contributed by atoms with Gasteiger partial charge < -0.3 is 4.74 Å². The molecule has 2 rings (SSSR count). The van der Waals surface area contributed by atoms with Gasteiger partial charge in [0.15, 0.2) is 0 Å². The van der Waals surface area contributed by atoms with Crippen LogP contribution in [0.4, 0.5) is 0 Å². The van der Waals surface area contributed by atoms with Crippen LogP contribution in [0, 0.1) is 5.92 Å². The SMILES string of the molecule is CC(C)CN1C(C)COC(c2ccccc2)C1C. The van der Waals surface area contributed by atoms with Crippen LogP contribution >= 0.6 is 0 Å². The van der Waals surface area contributed by atoms with Crippen LogP contribution in [0.25, 0.3) is 0 Å². The van der Waals surface area contributed by atoms with Crippen molar-refractivity contribution >= 4 is 0 Å². The summed E-state index contributed by atoms with van der Waals surface area (Å²) in [5.74, 6) is 0.699. The molecule has 2 nitrogen and oxygen atoms in total. The lowest BCUT2D eigenvalue weighted by atomic mass is 9.97. The second-order valence-electron chi connectivity index (χ2n) is 5.84. The summed E-state index contributed by atoms with van der Waals surface area (Å²) in [5.41, 5.74) is 1.30. The summed E-state index contributed by atoms with van der Waals surface area (Å²) in [4.78, 5) is 2.59. The van der Waals surface area contributed by atoms with Crippen molar-refractivity contribution in [2.45, 2.75) is 45.9 Å². The van der Waals surface area contributed by atoms with Crippen LogP contribution in [0.3, 0.4) is 0 Å². The smallest absolute Gasteiger partial charge is 0.0978 e. The van der Waals surface area contributed by atoms with Gasteiger partial charge in [-0.25, -0.2) is 0 Å². The molecular formula is C16H25NO. The van der Waals surface area contributed by atoms with E-state index in [2.05, 4.69) is 62.9 Å². The Morgan fingerprint density at radius 2 is 1.89 bits per heavy atom. The van der Waals surface area contributed by atoms with Gasteiger partial charge in [0.05, 0.1) is 12.7 Å². The second-order valence-corrected chi connectivity index (χ2v) is 5.84. The van der Waals surface area contributed by atoms with E-state index in [-0.39, 0.29) is 6.10 Å². The molecule has 1 aromatic carbocycles. The normalized spacial score (nSPS) is 29.7. The minimum Gasteiger partial charge on any atom is -0.370 e. The van der Waals surface area contributed by atoms with E-state index in [0.717, 1.165) is 13.2 Å². The second kappa shape index (κ2) is 5.85. The molecule has 1 heterocycles. The first-order valence-electron chi connectivity index (χ1n) is 7.02. The van der Waals surface area contributed by atoms with Gasteiger partial charge in [0.25, 0.3) is 0 Å². The van der Waals surface area contributed by atoms with Crippen molar-refractivity contribution in [1.82, 2.24) is 4.90 Å². The van der Waals surface area contributed by atoms with Crippen LogP contribution in [0.15, 0.2) is 30.3 Å². The minimum atomic E-state index is 0.209. The molecule has 0 bridgehead atoms. The zero-order chi connectivity index (χ0) is 13.1. The lowest BCUT2D eigenvalue weighted by Crippen LogP contribution is -2.52. The van der Waals surface area contributed by atoms with Gasteiger partial charge in [-0.05, 0) is 25.3 Å². The van der Waals surface area contributed by atoms with Crippen LogP contribution in [0.1, 0.15) is 39.4 Å². The fourth-order valence-corrected chi connectivity index (χ4v) is 2.84. The third kappa shape index (κ3) is 2.93. The molecule has 0 N–H and O–H groups in total. The van der Waals surface area contributed by atoms with Crippen LogP contribution < -0.4 is 0 Å². The summed E-state index contributed by atoms with van der Waals surface area (Å²) in [6.07, 6.45) is 0.209. The van der Waals surface area contributed by atoms with Crippen LogP contribution in [0.5, 0.6) is 0 Å². The summed E-state index contributed by atoms with van der Waals surface area (Å²) in [7, 11) is 0. The van der Waals surface area contributed by atoms with Gasteiger partial charge in [-0.1, -0.05) is 44.2 Å². The van der Waals surface area contributed by atoms with Crippen molar-refractivity contribution in [3.63, 3.8) is 0 Å². The number of ether oxygens (including phenoxy) is 1. The highest BCUT2D eigenvalue weighted by Crippen LogP contribution is 2.31. The molecule has 3 unspecified atom stereocenters. The minimum absolute atomic E-state index is 0.209. The molecule has 1 aliphatic rings. The van der Waals surface area contributed by atoms with Gasteiger partial charge >= 0.3 is 0 Å². The van der Waals surface area contributed by atoms with Crippen LogP contribution in [-0.4, -0.2) is 30.1 Å². The van der Waals surface area contributed by atoms with E-state index in [0.29, 0.717) is 18.0 Å². The van der Waals surface area contributed by atoms with Gasteiger partial charge in [0.2, 0.25) is 0 Å². The van der Waals surface area contributed by atoms with Gasteiger partial charge in [0.1, 0.15) is 0 Å². The van der Waals surface area contributed by atoms with Crippen molar-refractivity contribution in [2.24, 2.45) is 5.92 Å². The molecule has 0 radical (unpaired) electrons. The summed E-state index contributed by atoms with van der Waals surface area (Å²) in [6.45, 7) is 11.1. The first kappa shape index (κ1) is 13.6. The van der Waals surface area contributed by atoms with E-state index in [9.17, 15) is 0 Å².